The Bertz CT molecular complexity index is 263. The summed E-state index contributed by atoms with van der Waals surface area (Å²) >= 11 is 11.7. The van der Waals surface area contributed by atoms with Crippen LogP contribution in [0.3, 0.4) is 0 Å². The topological polar surface area (TPSA) is 12.9 Å². The van der Waals surface area contributed by atoms with Crippen LogP contribution in [0.2, 0.25) is 10.0 Å². The summed E-state index contributed by atoms with van der Waals surface area (Å²) in [7, 11) is 0. The first-order valence-corrected chi connectivity index (χ1v) is 4.18. The summed E-state index contributed by atoms with van der Waals surface area (Å²) in [5.41, 5.74) is 0.860. The minimum atomic E-state index is 0. The van der Waals surface area contributed by atoms with Crippen LogP contribution in [0.5, 0.6) is 0 Å². The summed E-state index contributed by atoms with van der Waals surface area (Å²) in [5, 5.41) is 1.15. The van der Waals surface area contributed by atoms with Gasteiger partial charge in [0.05, 0.1) is 15.7 Å². The van der Waals surface area contributed by atoms with E-state index in [2.05, 4.69) is 4.98 Å². The molecule has 0 radical (unpaired) electrons. The molecule has 4 heteroatoms. The van der Waals surface area contributed by atoms with E-state index in [1.165, 1.54) is 0 Å². The van der Waals surface area contributed by atoms with E-state index < -0.39 is 0 Å². The molecule has 1 heterocycles. The summed E-state index contributed by atoms with van der Waals surface area (Å²) in [6.07, 6.45) is 1.67. The number of pyridine rings is 1. The van der Waals surface area contributed by atoms with Gasteiger partial charge in [0.15, 0.2) is 0 Å². The molecule has 0 aliphatic rings. The molecule has 0 spiro atoms. The summed E-state index contributed by atoms with van der Waals surface area (Å²) in [6.45, 7) is 4.06. The van der Waals surface area contributed by atoms with Gasteiger partial charge in [-0.3, -0.25) is 4.98 Å². The predicted molar refractivity (Wildman–Crippen MR) is 48.3 cm³/mol. The molecule has 12 heavy (non-hydrogen) atoms. The zero-order chi connectivity index (χ0) is 8.43. The molecule has 1 aromatic heterocycles. The van der Waals surface area contributed by atoms with Gasteiger partial charge in [0, 0.05) is 27.3 Å². The monoisotopic (exact) mass is 384 g/mol. The molecule has 0 bridgehead atoms. The quantitative estimate of drug-likeness (QED) is 0.721. The molecule has 0 aliphatic carbocycles. The summed E-state index contributed by atoms with van der Waals surface area (Å²) in [5.74, 6) is 0.321. The van der Waals surface area contributed by atoms with Crippen molar-refractivity contribution >= 4 is 23.2 Å². The number of hydrogen-bond donors (Lipinski definition) is 0. The second kappa shape index (κ2) is 5.21. The maximum Gasteiger partial charge on any atom is 0.0810 e. The van der Waals surface area contributed by atoms with Crippen LogP contribution in [0.15, 0.2) is 12.3 Å². The molecule has 0 fully saturated rings. The SMILES string of the molecule is CC(C)c1nccc(Cl)c1Cl.[Pt]. The van der Waals surface area contributed by atoms with Crippen molar-refractivity contribution in [3.63, 3.8) is 0 Å². The zero-order valence-electron chi connectivity index (χ0n) is 6.75. The van der Waals surface area contributed by atoms with Crippen LogP contribution in [-0.2, 0) is 21.1 Å². The third-order valence-electron chi connectivity index (χ3n) is 1.42. The van der Waals surface area contributed by atoms with E-state index in [0.29, 0.717) is 16.0 Å². The van der Waals surface area contributed by atoms with Crippen molar-refractivity contribution in [1.29, 1.82) is 0 Å². The Balaban J connectivity index is 0.00000121. The zero-order valence-corrected chi connectivity index (χ0v) is 10.5. The Kier molecular flexibility index (Phi) is 5.40. The summed E-state index contributed by atoms with van der Waals surface area (Å²) in [6, 6.07) is 1.69. The van der Waals surface area contributed by atoms with Crippen LogP contribution >= 0.6 is 23.2 Å². The minimum Gasteiger partial charge on any atom is -0.259 e. The molecule has 70 valence electrons. The van der Waals surface area contributed by atoms with E-state index in [1.807, 2.05) is 13.8 Å². The molecule has 1 rings (SSSR count). The Morgan fingerprint density at radius 3 is 2.33 bits per heavy atom. The van der Waals surface area contributed by atoms with Crippen molar-refractivity contribution in [1.82, 2.24) is 4.98 Å². The molecule has 0 saturated carbocycles. The fourth-order valence-corrected chi connectivity index (χ4v) is 1.32. The standard InChI is InChI=1S/C8H9Cl2N.Pt/c1-5(2)8-7(10)6(9)3-4-11-8;/h3-5H,1-2H3;. The van der Waals surface area contributed by atoms with Gasteiger partial charge >= 0.3 is 0 Å². The van der Waals surface area contributed by atoms with E-state index in [9.17, 15) is 0 Å². The van der Waals surface area contributed by atoms with E-state index in [0.717, 1.165) is 5.69 Å². The van der Waals surface area contributed by atoms with Gasteiger partial charge < -0.3 is 0 Å². The first-order valence-electron chi connectivity index (χ1n) is 3.43. The minimum absolute atomic E-state index is 0. The van der Waals surface area contributed by atoms with Gasteiger partial charge in [0.1, 0.15) is 0 Å². The first-order chi connectivity index (χ1) is 5.13. The number of rotatable bonds is 1. The van der Waals surface area contributed by atoms with Gasteiger partial charge in [0.2, 0.25) is 0 Å². The van der Waals surface area contributed by atoms with E-state index >= 15 is 0 Å². The van der Waals surface area contributed by atoms with Crippen molar-refractivity contribution in [2.45, 2.75) is 19.8 Å². The maximum absolute atomic E-state index is 5.89. The van der Waals surface area contributed by atoms with Crippen LogP contribution in [0.4, 0.5) is 0 Å². The van der Waals surface area contributed by atoms with Gasteiger partial charge in [-0.2, -0.15) is 0 Å². The van der Waals surface area contributed by atoms with Crippen LogP contribution in [0, 0.1) is 0 Å². The molecular formula is C8H9Cl2NPt. The van der Waals surface area contributed by atoms with Crippen molar-refractivity contribution in [3.05, 3.63) is 28.0 Å². The van der Waals surface area contributed by atoms with Crippen LogP contribution in [0.25, 0.3) is 0 Å². The van der Waals surface area contributed by atoms with Crippen molar-refractivity contribution < 1.29 is 21.1 Å². The molecular weight excluding hydrogens is 376 g/mol. The van der Waals surface area contributed by atoms with Gasteiger partial charge in [-0.1, -0.05) is 37.0 Å². The fraction of sp³-hybridized carbons (Fsp3) is 0.375. The van der Waals surface area contributed by atoms with Crippen LogP contribution in [0.1, 0.15) is 25.5 Å². The third kappa shape index (κ3) is 2.72. The number of aromatic nitrogens is 1. The molecule has 1 aromatic rings. The van der Waals surface area contributed by atoms with Crippen molar-refractivity contribution in [2.75, 3.05) is 0 Å². The molecule has 0 amide bonds. The van der Waals surface area contributed by atoms with E-state index in [-0.39, 0.29) is 21.1 Å². The molecule has 0 aromatic carbocycles. The molecule has 1 nitrogen and oxygen atoms in total. The van der Waals surface area contributed by atoms with Crippen molar-refractivity contribution in [2.24, 2.45) is 0 Å². The second-order valence-corrected chi connectivity index (χ2v) is 3.43. The molecule has 0 N–H and O–H groups in total. The molecule has 0 unspecified atom stereocenters. The summed E-state index contributed by atoms with van der Waals surface area (Å²) < 4.78 is 0. The third-order valence-corrected chi connectivity index (χ3v) is 2.22. The van der Waals surface area contributed by atoms with Gasteiger partial charge in [-0.25, -0.2) is 0 Å². The van der Waals surface area contributed by atoms with Gasteiger partial charge in [-0.15, -0.1) is 0 Å². The van der Waals surface area contributed by atoms with E-state index in [1.54, 1.807) is 12.3 Å². The predicted octanol–water partition coefficient (Wildman–Crippen LogP) is 3.51. The normalized spacial score (nSPS) is 9.75. The van der Waals surface area contributed by atoms with Crippen molar-refractivity contribution in [3.8, 4) is 0 Å². The van der Waals surface area contributed by atoms with Gasteiger partial charge in [0.25, 0.3) is 0 Å². The average molecular weight is 385 g/mol. The number of halogens is 2. The van der Waals surface area contributed by atoms with Crippen LogP contribution < -0.4 is 0 Å². The largest absolute Gasteiger partial charge is 0.259 e. The Morgan fingerprint density at radius 2 is 1.92 bits per heavy atom. The fourth-order valence-electron chi connectivity index (χ4n) is 0.838. The summed E-state index contributed by atoms with van der Waals surface area (Å²) in [4.78, 5) is 4.12. The number of hydrogen-bond acceptors (Lipinski definition) is 1. The second-order valence-electron chi connectivity index (χ2n) is 2.65. The van der Waals surface area contributed by atoms with Crippen LogP contribution in [-0.4, -0.2) is 4.98 Å². The Hall–Kier alpha value is 0.418. The Labute approximate surface area is 96.7 Å². The van der Waals surface area contributed by atoms with Gasteiger partial charge in [-0.05, 0) is 12.0 Å². The Morgan fingerprint density at radius 1 is 1.33 bits per heavy atom. The average Bonchev–Trinajstić information content (AvgIpc) is 1.94. The first kappa shape index (κ1) is 12.4. The molecule has 0 atom stereocenters. The maximum atomic E-state index is 5.89. The smallest absolute Gasteiger partial charge is 0.0810 e. The molecule has 0 aliphatic heterocycles. The molecule has 0 saturated heterocycles. The number of nitrogens with zero attached hydrogens (tertiary/aromatic N) is 1. The van der Waals surface area contributed by atoms with E-state index in [4.69, 9.17) is 23.2 Å².